The Morgan fingerprint density at radius 3 is 2.63 bits per heavy atom. The average molecular weight is 286 g/mol. The molecule has 8 heteroatoms. The van der Waals surface area contributed by atoms with Crippen LogP contribution >= 0.6 is 0 Å². The van der Waals surface area contributed by atoms with E-state index in [0.29, 0.717) is 13.1 Å². The lowest BCUT2D eigenvalue weighted by atomic mass is 10.3. The summed E-state index contributed by atoms with van der Waals surface area (Å²) in [6.45, 7) is 4.32. The molecule has 0 aromatic carbocycles. The van der Waals surface area contributed by atoms with Gasteiger partial charge < -0.3 is 10.2 Å². The summed E-state index contributed by atoms with van der Waals surface area (Å²) in [6, 6.07) is 3.20. The highest BCUT2D eigenvalue weighted by Crippen LogP contribution is 2.24. The number of ether oxygens (including phenoxy) is 1. The molecular weight excluding hydrogens is 268 g/mol. The molecule has 0 saturated carbocycles. The van der Waals surface area contributed by atoms with Crippen LogP contribution < -0.4 is 11.3 Å². The SMILES string of the molecule is C[C@@H]1CN(S(=O)(=O)c2ncccc2NN)C[C@H](C)O1. The molecule has 106 valence electrons. The molecule has 0 radical (unpaired) electrons. The molecule has 1 aromatic rings. The van der Waals surface area contributed by atoms with E-state index in [-0.39, 0.29) is 22.9 Å². The Morgan fingerprint density at radius 1 is 1.42 bits per heavy atom. The third-order valence-corrected chi connectivity index (χ3v) is 4.69. The average Bonchev–Trinajstić information content (AvgIpc) is 2.37. The Kier molecular flexibility index (Phi) is 4.04. The summed E-state index contributed by atoms with van der Waals surface area (Å²) in [6.07, 6.45) is 1.15. The minimum atomic E-state index is -3.67. The van der Waals surface area contributed by atoms with Crippen LogP contribution in [-0.4, -0.2) is 43.0 Å². The number of nitrogen functional groups attached to an aromatic ring is 1. The predicted octanol–water partition coefficient (Wildman–Crippen LogP) is 0.165. The fraction of sp³-hybridized carbons (Fsp3) is 0.545. The molecule has 1 fully saturated rings. The van der Waals surface area contributed by atoms with E-state index in [2.05, 4.69) is 10.4 Å². The third-order valence-electron chi connectivity index (χ3n) is 2.90. The zero-order valence-corrected chi connectivity index (χ0v) is 11.7. The van der Waals surface area contributed by atoms with Crippen molar-refractivity contribution in [1.29, 1.82) is 0 Å². The minimum absolute atomic E-state index is 0.0567. The van der Waals surface area contributed by atoms with Gasteiger partial charge in [-0.2, -0.15) is 4.31 Å². The van der Waals surface area contributed by atoms with Crippen molar-refractivity contribution in [2.75, 3.05) is 18.5 Å². The number of hydrazine groups is 1. The standard InChI is InChI=1S/C11H18N4O3S/c1-8-6-15(7-9(2)18-8)19(16,17)11-10(14-12)4-3-5-13-11/h3-5,8-9,14H,6-7,12H2,1-2H3/t8-,9+. The van der Waals surface area contributed by atoms with Crippen LogP contribution in [0.15, 0.2) is 23.4 Å². The zero-order valence-electron chi connectivity index (χ0n) is 10.9. The van der Waals surface area contributed by atoms with E-state index >= 15 is 0 Å². The molecular formula is C11H18N4O3S. The molecule has 19 heavy (non-hydrogen) atoms. The maximum atomic E-state index is 12.6. The largest absolute Gasteiger partial charge is 0.373 e. The van der Waals surface area contributed by atoms with Crippen LogP contribution in [0.3, 0.4) is 0 Å². The monoisotopic (exact) mass is 286 g/mol. The lowest BCUT2D eigenvalue weighted by Crippen LogP contribution is -2.48. The highest BCUT2D eigenvalue weighted by molar-refractivity contribution is 7.89. The Labute approximate surface area is 112 Å². The van der Waals surface area contributed by atoms with Crippen molar-refractivity contribution in [2.45, 2.75) is 31.1 Å². The predicted molar refractivity (Wildman–Crippen MR) is 70.8 cm³/mol. The number of sulfonamides is 1. The van der Waals surface area contributed by atoms with E-state index in [1.165, 1.54) is 10.5 Å². The lowest BCUT2D eigenvalue weighted by molar-refractivity contribution is -0.0441. The molecule has 2 atom stereocenters. The number of aromatic nitrogens is 1. The van der Waals surface area contributed by atoms with E-state index < -0.39 is 10.0 Å². The fourth-order valence-electron chi connectivity index (χ4n) is 2.16. The lowest BCUT2D eigenvalue weighted by Gasteiger charge is -2.34. The number of morpholine rings is 1. The molecule has 0 aliphatic carbocycles. The Bertz CT molecular complexity index is 539. The Morgan fingerprint density at radius 2 is 2.05 bits per heavy atom. The first kappa shape index (κ1) is 14.2. The number of nitrogens with two attached hydrogens (primary N) is 1. The second kappa shape index (κ2) is 5.41. The van der Waals surface area contributed by atoms with Crippen LogP contribution in [0.25, 0.3) is 0 Å². The van der Waals surface area contributed by atoms with Gasteiger partial charge in [-0.05, 0) is 26.0 Å². The number of anilines is 1. The quantitative estimate of drug-likeness (QED) is 0.607. The van der Waals surface area contributed by atoms with Crippen molar-refractivity contribution < 1.29 is 13.2 Å². The number of hydrogen-bond acceptors (Lipinski definition) is 6. The van der Waals surface area contributed by atoms with E-state index in [0.717, 1.165) is 0 Å². The molecule has 2 rings (SSSR count). The van der Waals surface area contributed by atoms with Crippen LogP contribution in [0, 0.1) is 0 Å². The van der Waals surface area contributed by atoms with Gasteiger partial charge in [0.15, 0.2) is 5.03 Å². The van der Waals surface area contributed by atoms with E-state index in [1.807, 2.05) is 13.8 Å². The molecule has 1 aliphatic heterocycles. The molecule has 7 nitrogen and oxygen atoms in total. The van der Waals surface area contributed by atoms with Gasteiger partial charge in [-0.15, -0.1) is 0 Å². The maximum absolute atomic E-state index is 12.6. The van der Waals surface area contributed by atoms with Gasteiger partial charge in [0, 0.05) is 19.3 Å². The van der Waals surface area contributed by atoms with E-state index in [4.69, 9.17) is 10.6 Å². The Balaban J connectivity index is 2.36. The summed E-state index contributed by atoms with van der Waals surface area (Å²) in [4.78, 5) is 3.93. The summed E-state index contributed by atoms with van der Waals surface area (Å²) in [5, 5.41) is -0.0567. The van der Waals surface area contributed by atoms with Crippen LogP contribution in [-0.2, 0) is 14.8 Å². The van der Waals surface area contributed by atoms with Crippen molar-refractivity contribution in [2.24, 2.45) is 5.84 Å². The van der Waals surface area contributed by atoms with Crippen molar-refractivity contribution in [3.8, 4) is 0 Å². The molecule has 1 saturated heterocycles. The van der Waals surface area contributed by atoms with Crippen molar-refractivity contribution in [3.05, 3.63) is 18.3 Å². The molecule has 0 bridgehead atoms. The number of pyridine rings is 1. The summed E-state index contributed by atoms with van der Waals surface area (Å²) < 4.78 is 32.1. The van der Waals surface area contributed by atoms with Crippen LogP contribution in [0.1, 0.15) is 13.8 Å². The molecule has 3 N–H and O–H groups in total. The maximum Gasteiger partial charge on any atom is 0.262 e. The summed E-state index contributed by atoms with van der Waals surface area (Å²) >= 11 is 0. The van der Waals surface area contributed by atoms with Crippen molar-refractivity contribution >= 4 is 15.7 Å². The fourth-order valence-corrected chi connectivity index (χ4v) is 3.81. The number of nitrogens with one attached hydrogen (secondary N) is 1. The summed E-state index contributed by atoms with van der Waals surface area (Å²) in [7, 11) is -3.67. The first-order chi connectivity index (χ1) is 8.95. The first-order valence-corrected chi connectivity index (χ1v) is 7.46. The van der Waals surface area contributed by atoms with Crippen LogP contribution in [0.4, 0.5) is 5.69 Å². The Hall–Kier alpha value is -1.22. The van der Waals surface area contributed by atoms with Gasteiger partial charge in [0.25, 0.3) is 10.0 Å². The smallest absolute Gasteiger partial charge is 0.262 e. The van der Waals surface area contributed by atoms with Gasteiger partial charge in [-0.3, -0.25) is 5.84 Å². The summed E-state index contributed by atoms with van der Waals surface area (Å²) in [5.41, 5.74) is 2.65. The van der Waals surface area contributed by atoms with E-state index in [1.54, 1.807) is 12.1 Å². The second-order valence-electron chi connectivity index (χ2n) is 4.58. The van der Waals surface area contributed by atoms with Crippen LogP contribution in [0.5, 0.6) is 0 Å². The van der Waals surface area contributed by atoms with Gasteiger partial charge >= 0.3 is 0 Å². The highest BCUT2D eigenvalue weighted by Gasteiger charge is 2.34. The van der Waals surface area contributed by atoms with Gasteiger partial charge in [0.1, 0.15) is 0 Å². The minimum Gasteiger partial charge on any atom is -0.373 e. The molecule has 1 aliphatic rings. The zero-order chi connectivity index (χ0) is 14.0. The highest BCUT2D eigenvalue weighted by atomic mass is 32.2. The summed E-state index contributed by atoms with van der Waals surface area (Å²) in [5.74, 6) is 5.33. The van der Waals surface area contributed by atoms with Gasteiger partial charge in [0.2, 0.25) is 0 Å². The van der Waals surface area contributed by atoms with Gasteiger partial charge in [-0.1, -0.05) is 0 Å². The molecule has 2 heterocycles. The second-order valence-corrected chi connectivity index (χ2v) is 6.43. The number of nitrogens with zero attached hydrogens (tertiary/aromatic N) is 2. The van der Waals surface area contributed by atoms with Crippen molar-refractivity contribution in [3.63, 3.8) is 0 Å². The van der Waals surface area contributed by atoms with Crippen LogP contribution in [0.2, 0.25) is 0 Å². The van der Waals surface area contributed by atoms with Gasteiger partial charge in [-0.25, -0.2) is 13.4 Å². The molecule has 1 aromatic heterocycles. The topological polar surface area (TPSA) is 97.6 Å². The van der Waals surface area contributed by atoms with E-state index in [9.17, 15) is 8.42 Å². The molecule has 0 spiro atoms. The molecule has 0 amide bonds. The van der Waals surface area contributed by atoms with Gasteiger partial charge in [0.05, 0.1) is 17.9 Å². The number of rotatable bonds is 3. The number of hydrogen-bond donors (Lipinski definition) is 2. The normalized spacial score (nSPS) is 25.2. The van der Waals surface area contributed by atoms with Crippen molar-refractivity contribution in [1.82, 2.24) is 9.29 Å². The first-order valence-electron chi connectivity index (χ1n) is 6.02. The third kappa shape index (κ3) is 2.86. The molecule has 0 unspecified atom stereocenters.